The van der Waals surface area contributed by atoms with Crippen LogP contribution in [-0.2, 0) is 14.3 Å². The minimum atomic E-state index is -0.502. The smallest absolute Gasteiger partial charge is 0.331 e. The number of allylic oxidation sites excluding steroid dienone is 1. The molecule has 12 heavy (non-hydrogen) atoms. The molecule has 0 saturated carbocycles. The summed E-state index contributed by atoms with van der Waals surface area (Å²) in [6.45, 7) is 6.69. The lowest BCUT2D eigenvalue weighted by molar-refractivity contribution is -0.148. The van der Waals surface area contributed by atoms with Gasteiger partial charge < -0.3 is 4.74 Å². The summed E-state index contributed by atoms with van der Waals surface area (Å²) in [7, 11) is 0. The molecule has 3 nitrogen and oxygen atoms in total. The van der Waals surface area contributed by atoms with Gasteiger partial charge in [-0.1, -0.05) is 0 Å². The van der Waals surface area contributed by atoms with Crippen LogP contribution in [0.2, 0.25) is 0 Å². The van der Waals surface area contributed by atoms with Crippen LogP contribution in [-0.4, -0.2) is 17.4 Å². The monoisotopic (exact) mass is 170 g/mol. The Bertz CT molecular complexity index is 208. The first-order chi connectivity index (χ1) is 5.31. The maximum atomic E-state index is 10.9. The van der Waals surface area contributed by atoms with Gasteiger partial charge in [0.1, 0.15) is 5.60 Å². The Hall–Kier alpha value is -1.12. The molecule has 0 aliphatic heterocycles. The summed E-state index contributed by atoms with van der Waals surface area (Å²) in [4.78, 5) is 21.3. The molecule has 0 fully saturated rings. The van der Waals surface area contributed by atoms with Crippen LogP contribution in [0.3, 0.4) is 0 Å². The third kappa shape index (κ3) is 6.99. The minimum Gasteiger partial charge on any atom is -0.457 e. The highest BCUT2D eigenvalue weighted by atomic mass is 16.6. The predicted octanol–water partition coefficient (Wildman–Crippen LogP) is 1.47. The maximum Gasteiger partial charge on any atom is 0.331 e. The molecule has 0 atom stereocenters. The van der Waals surface area contributed by atoms with Crippen molar-refractivity contribution in [3.63, 3.8) is 0 Å². The molecule has 68 valence electrons. The van der Waals surface area contributed by atoms with Gasteiger partial charge in [-0.2, -0.15) is 0 Å². The van der Waals surface area contributed by atoms with E-state index in [4.69, 9.17) is 4.74 Å². The van der Waals surface area contributed by atoms with Crippen LogP contribution in [0.1, 0.15) is 27.7 Å². The van der Waals surface area contributed by atoms with Crippen molar-refractivity contribution in [2.45, 2.75) is 33.3 Å². The number of hydrogen-bond acceptors (Lipinski definition) is 3. The van der Waals surface area contributed by atoms with E-state index in [0.29, 0.717) is 0 Å². The Kier molecular flexibility index (Phi) is 3.67. The molecule has 0 rings (SSSR count). The average molecular weight is 170 g/mol. The van der Waals surface area contributed by atoms with E-state index in [1.54, 1.807) is 20.8 Å². The second kappa shape index (κ2) is 4.04. The second-order valence-electron chi connectivity index (χ2n) is 3.48. The quantitative estimate of drug-likeness (QED) is 0.465. The van der Waals surface area contributed by atoms with E-state index in [1.807, 2.05) is 0 Å². The molecule has 0 bridgehead atoms. The van der Waals surface area contributed by atoms with Gasteiger partial charge in [0.25, 0.3) is 0 Å². The fraction of sp³-hybridized carbons (Fsp3) is 0.556. The van der Waals surface area contributed by atoms with E-state index in [0.717, 1.165) is 6.08 Å². The van der Waals surface area contributed by atoms with Gasteiger partial charge >= 0.3 is 5.97 Å². The van der Waals surface area contributed by atoms with E-state index >= 15 is 0 Å². The van der Waals surface area contributed by atoms with Crippen LogP contribution in [0, 0.1) is 0 Å². The van der Waals surface area contributed by atoms with Gasteiger partial charge in [-0.25, -0.2) is 4.79 Å². The van der Waals surface area contributed by atoms with E-state index in [2.05, 4.69) is 0 Å². The highest BCUT2D eigenvalue weighted by molar-refractivity contribution is 5.94. The largest absolute Gasteiger partial charge is 0.457 e. The van der Waals surface area contributed by atoms with E-state index < -0.39 is 11.6 Å². The van der Waals surface area contributed by atoms with Crippen LogP contribution >= 0.6 is 0 Å². The molecule has 0 aromatic carbocycles. The van der Waals surface area contributed by atoms with Crippen LogP contribution in [0.15, 0.2) is 12.2 Å². The molecule has 0 spiro atoms. The Morgan fingerprint density at radius 3 is 2.00 bits per heavy atom. The van der Waals surface area contributed by atoms with Crippen molar-refractivity contribution in [3.05, 3.63) is 12.2 Å². The number of esters is 1. The van der Waals surface area contributed by atoms with Crippen molar-refractivity contribution < 1.29 is 14.3 Å². The molecule has 0 N–H and O–H groups in total. The van der Waals surface area contributed by atoms with Gasteiger partial charge in [-0.15, -0.1) is 0 Å². The van der Waals surface area contributed by atoms with E-state index in [-0.39, 0.29) is 5.78 Å². The van der Waals surface area contributed by atoms with Crippen molar-refractivity contribution in [2.75, 3.05) is 0 Å². The van der Waals surface area contributed by atoms with Gasteiger partial charge in [0.05, 0.1) is 0 Å². The topological polar surface area (TPSA) is 43.4 Å². The van der Waals surface area contributed by atoms with Crippen molar-refractivity contribution in [2.24, 2.45) is 0 Å². The van der Waals surface area contributed by atoms with Gasteiger partial charge in [0.2, 0.25) is 0 Å². The van der Waals surface area contributed by atoms with Crippen LogP contribution in [0.5, 0.6) is 0 Å². The lowest BCUT2D eigenvalue weighted by Crippen LogP contribution is -2.22. The molecular weight excluding hydrogens is 156 g/mol. The average Bonchev–Trinajstić information content (AvgIpc) is 1.79. The van der Waals surface area contributed by atoms with Crippen molar-refractivity contribution in [1.82, 2.24) is 0 Å². The Balaban J connectivity index is 3.99. The fourth-order valence-corrected chi connectivity index (χ4v) is 0.521. The molecule has 0 aromatic rings. The number of ketones is 1. The highest BCUT2D eigenvalue weighted by Gasteiger charge is 2.13. The first-order valence-corrected chi connectivity index (χ1v) is 3.73. The standard InChI is InChI=1S/C9H14O3/c1-7(10)5-6-8(11)12-9(2,3)4/h5-6H,1-4H3/b6-5-. The van der Waals surface area contributed by atoms with Gasteiger partial charge in [-0.3, -0.25) is 4.79 Å². The molecule has 0 aromatic heterocycles. The number of hydrogen-bond donors (Lipinski definition) is 0. The van der Waals surface area contributed by atoms with Crippen molar-refractivity contribution in [1.29, 1.82) is 0 Å². The van der Waals surface area contributed by atoms with Crippen LogP contribution < -0.4 is 0 Å². The van der Waals surface area contributed by atoms with E-state index in [1.165, 1.54) is 13.0 Å². The highest BCUT2D eigenvalue weighted by Crippen LogP contribution is 2.06. The lowest BCUT2D eigenvalue weighted by atomic mass is 10.2. The third-order valence-electron chi connectivity index (χ3n) is 0.861. The fourth-order valence-electron chi connectivity index (χ4n) is 0.521. The zero-order valence-corrected chi connectivity index (χ0v) is 7.88. The number of carbonyl (C=O) groups is 2. The predicted molar refractivity (Wildman–Crippen MR) is 45.7 cm³/mol. The molecule has 0 aliphatic carbocycles. The molecule has 0 saturated heterocycles. The molecule has 0 aliphatic rings. The normalized spacial score (nSPS) is 11.7. The summed E-state index contributed by atoms with van der Waals surface area (Å²) < 4.78 is 4.91. The Morgan fingerprint density at radius 1 is 1.17 bits per heavy atom. The maximum absolute atomic E-state index is 10.9. The minimum absolute atomic E-state index is 0.166. The second-order valence-corrected chi connectivity index (χ2v) is 3.48. The first kappa shape index (κ1) is 10.9. The summed E-state index contributed by atoms with van der Waals surface area (Å²) in [5, 5.41) is 0. The van der Waals surface area contributed by atoms with Gasteiger partial charge in [-0.05, 0) is 33.8 Å². The molecular formula is C9H14O3. The molecule has 3 heteroatoms. The summed E-state index contributed by atoms with van der Waals surface area (Å²) >= 11 is 0. The molecule has 0 radical (unpaired) electrons. The zero-order chi connectivity index (χ0) is 9.78. The summed E-state index contributed by atoms with van der Waals surface area (Å²) in [6, 6.07) is 0. The first-order valence-electron chi connectivity index (χ1n) is 3.73. The summed E-state index contributed by atoms with van der Waals surface area (Å²) in [6.07, 6.45) is 2.32. The number of carbonyl (C=O) groups excluding carboxylic acids is 2. The summed E-state index contributed by atoms with van der Waals surface area (Å²) in [5.41, 5.74) is -0.502. The number of rotatable bonds is 2. The Labute approximate surface area is 72.4 Å². The zero-order valence-electron chi connectivity index (χ0n) is 7.88. The van der Waals surface area contributed by atoms with Crippen LogP contribution in [0.25, 0.3) is 0 Å². The number of ether oxygens (including phenoxy) is 1. The van der Waals surface area contributed by atoms with Gasteiger partial charge in [0.15, 0.2) is 5.78 Å². The lowest BCUT2D eigenvalue weighted by Gasteiger charge is -2.17. The van der Waals surface area contributed by atoms with Crippen molar-refractivity contribution >= 4 is 11.8 Å². The SMILES string of the molecule is CC(=O)/C=C\C(=O)OC(C)(C)C. The Morgan fingerprint density at radius 2 is 1.67 bits per heavy atom. The summed E-state index contributed by atoms with van der Waals surface area (Å²) in [5.74, 6) is -0.654. The van der Waals surface area contributed by atoms with E-state index in [9.17, 15) is 9.59 Å². The van der Waals surface area contributed by atoms with Crippen molar-refractivity contribution in [3.8, 4) is 0 Å². The molecule has 0 heterocycles. The molecule has 0 amide bonds. The van der Waals surface area contributed by atoms with Gasteiger partial charge in [0, 0.05) is 6.08 Å². The van der Waals surface area contributed by atoms with Crippen LogP contribution in [0.4, 0.5) is 0 Å². The third-order valence-corrected chi connectivity index (χ3v) is 0.861. The molecule has 0 unspecified atom stereocenters.